The highest BCUT2D eigenvalue weighted by Gasteiger charge is 2.19. The third-order valence-corrected chi connectivity index (χ3v) is 7.19. The van der Waals surface area contributed by atoms with Crippen molar-refractivity contribution in [3.63, 3.8) is 0 Å². The van der Waals surface area contributed by atoms with E-state index in [4.69, 9.17) is 9.47 Å². The summed E-state index contributed by atoms with van der Waals surface area (Å²) in [6, 6.07) is 19.5. The van der Waals surface area contributed by atoms with Gasteiger partial charge in [-0.3, -0.25) is 5.10 Å². The number of carbonyl (C=O) groups is 1. The number of thioether (sulfide) groups is 1. The van der Waals surface area contributed by atoms with Crippen molar-refractivity contribution >= 4 is 34.7 Å². The third-order valence-electron chi connectivity index (χ3n) is 6.31. The molecule has 0 radical (unpaired) electrons. The normalized spacial score (nSPS) is 11.6. The molecule has 0 aliphatic carbocycles. The Morgan fingerprint density at radius 2 is 1.77 bits per heavy atom. The molecule has 0 bridgehead atoms. The zero-order valence-corrected chi connectivity index (χ0v) is 22.3. The fraction of sp³-hybridized carbons (Fsp3) is 0.138. The highest BCUT2D eigenvalue weighted by Crippen LogP contribution is 2.34. The number of halogens is 1. The van der Waals surface area contributed by atoms with E-state index in [2.05, 4.69) is 19.7 Å². The average molecular weight is 545 g/mol. The molecule has 10 heteroatoms. The van der Waals surface area contributed by atoms with Gasteiger partial charge in [-0.15, -0.1) is 5.10 Å². The fourth-order valence-electron chi connectivity index (χ4n) is 4.35. The number of carboxylic acids is 1. The highest BCUT2D eigenvalue weighted by atomic mass is 32.2. The molecule has 0 saturated carbocycles. The number of aromatic amines is 1. The molecule has 0 atom stereocenters. The summed E-state index contributed by atoms with van der Waals surface area (Å²) in [5.41, 5.74) is 4.24. The maximum Gasteiger partial charge on any atom is 0.342 e. The van der Waals surface area contributed by atoms with Crippen LogP contribution in [-0.4, -0.2) is 45.0 Å². The summed E-state index contributed by atoms with van der Waals surface area (Å²) in [7, 11) is 3.12. The zero-order valence-electron chi connectivity index (χ0n) is 21.4. The van der Waals surface area contributed by atoms with Crippen LogP contribution in [0.4, 0.5) is 4.39 Å². The van der Waals surface area contributed by atoms with Gasteiger partial charge in [-0.25, -0.2) is 14.2 Å². The van der Waals surface area contributed by atoms with Crippen LogP contribution in [0.2, 0.25) is 0 Å². The van der Waals surface area contributed by atoms with Gasteiger partial charge in [0.05, 0.1) is 14.2 Å². The van der Waals surface area contributed by atoms with Gasteiger partial charge in [0.1, 0.15) is 22.2 Å². The van der Waals surface area contributed by atoms with Crippen LogP contribution in [0.1, 0.15) is 16.8 Å². The summed E-state index contributed by atoms with van der Waals surface area (Å²) in [4.78, 5) is 16.9. The van der Waals surface area contributed by atoms with Crippen LogP contribution in [0.25, 0.3) is 28.4 Å². The standard InChI is InChI=1S/C29H25FN4O4S/c1-17-24(23-6-4-5-7-25(23)34(17)16-18-8-10-20(30)11-9-18)15-26(28(35)36)39-29-31-27(32-33-29)19-12-21(37-2)14-22(13-19)38-3/h4-15H,16H2,1-3H3,(H,35,36)(H,31,32,33)/b26-15-. The Kier molecular flexibility index (Phi) is 7.38. The summed E-state index contributed by atoms with van der Waals surface area (Å²) < 4.78 is 26.2. The van der Waals surface area contributed by atoms with Crippen molar-refractivity contribution < 1.29 is 23.8 Å². The summed E-state index contributed by atoms with van der Waals surface area (Å²) >= 11 is 0.954. The number of carboxylic acid groups (broad SMARTS) is 1. The first-order chi connectivity index (χ1) is 18.9. The number of hydrogen-bond donors (Lipinski definition) is 2. The molecule has 0 aliphatic heterocycles. The average Bonchev–Trinajstić information content (AvgIpc) is 3.52. The minimum absolute atomic E-state index is 0.0663. The number of aliphatic carboxylic acids is 1. The van der Waals surface area contributed by atoms with Crippen molar-refractivity contribution in [2.75, 3.05) is 14.2 Å². The van der Waals surface area contributed by atoms with E-state index < -0.39 is 5.97 Å². The summed E-state index contributed by atoms with van der Waals surface area (Å²) in [5, 5.41) is 18.3. The number of para-hydroxylation sites is 1. The third kappa shape index (κ3) is 5.51. The number of nitrogens with one attached hydrogen (secondary N) is 1. The highest BCUT2D eigenvalue weighted by molar-refractivity contribution is 8.04. The molecule has 0 aliphatic rings. The molecule has 39 heavy (non-hydrogen) atoms. The monoisotopic (exact) mass is 544 g/mol. The summed E-state index contributed by atoms with van der Waals surface area (Å²) in [6.07, 6.45) is 1.65. The van der Waals surface area contributed by atoms with Gasteiger partial charge in [-0.1, -0.05) is 30.3 Å². The van der Waals surface area contributed by atoms with Crippen LogP contribution in [0.15, 0.2) is 76.8 Å². The first kappa shape index (κ1) is 26.1. The molecule has 198 valence electrons. The molecule has 5 aromatic rings. The number of rotatable bonds is 9. The molecular formula is C29H25FN4O4S. The molecule has 2 heterocycles. The maximum absolute atomic E-state index is 13.4. The number of H-pyrrole nitrogens is 1. The number of nitrogens with zero attached hydrogens (tertiary/aromatic N) is 3. The Labute approximate surface area is 228 Å². The van der Waals surface area contributed by atoms with Gasteiger partial charge in [0, 0.05) is 40.3 Å². The first-order valence-corrected chi connectivity index (χ1v) is 12.8. The van der Waals surface area contributed by atoms with E-state index in [0.717, 1.165) is 39.5 Å². The van der Waals surface area contributed by atoms with Crippen molar-refractivity contribution in [1.29, 1.82) is 0 Å². The van der Waals surface area contributed by atoms with Crippen LogP contribution < -0.4 is 9.47 Å². The molecule has 0 fully saturated rings. The SMILES string of the molecule is COc1cc(OC)cc(-c2nc(S/C(=C\c3c(C)n(Cc4ccc(F)cc4)c4ccccc34)C(=O)O)n[nH]2)c1. The van der Waals surface area contributed by atoms with Crippen molar-refractivity contribution in [3.05, 3.63) is 94.3 Å². The van der Waals surface area contributed by atoms with E-state index in [1.54, 1.807) is 50.6 Å². The molecule has 5 rings (SSSR count). The molecular weight excluding hydrogens is 519 g/mol. The van der Waals surface area contributed by atoms with Gasteiger partial charge < -0.3 is 19.1 Å². The van der Waals surface area contributed by atoms with Crippen molar-refractivity contribution in [3.8, 4) is 22.9 Å². The number of aromatic nitrogens is 4. The predicted molar refractivity (Wildman–Crippen MR) is 149 cm³/mol. The minimum Gasteiger partial charge on any atom is -0.497 e. The predicted octanol–water partition coefficient (Wildman–Crippen LogP) is 6.16. The van der Waals surface area contributed by atoms with E-state index in [9.17, 15) is 14.3 Å². The van der Waals surface area contributed by atoms with Crippen LogP contribution in [0, 0.1) is 12.7 Å². The zero-order chi connectivity index (χ0) is 27.5. The van der Waals surface area contributed by atoms with Crippen molar-refractivity contribution in [2.24, 2.45) is 0 Å². The van der Waals surface area contributed by atoms with E-state index in [1.807, 2.05) is 31.2 Å². The molecule has 8 nitrogen and oxygen atoms in total. The molecule has 2 N–H and O–H groups in total. The Hall–Kier alpha value is -4.57. The van der Waals surface area contributed by atoms with Gasteiger partial charge >= 0.3 is 5.97 Å². The van der Waals surface area contributed by atoms with Crippen LogP contribution in [0.3, 0.4) is 0 Å². The van der Waals surface area contributed by atoms with E-state index in [1.165, 1.54) is 12.1 Å². The number of fused-ring (bicyclic) bond motifs is 1. The van der Waals surface area contributed by atoms with E-state index in [0.29, 0.717) is 29.4 Å². The molecule has 0 spiro atoms. The topological polar surface area (TPSA) is 102 Å². The van der Waals surface area contributed by atoms with Gasteiger partial charge in [0.2, 0.25) is 5.16 Å². The second-order valence-electron chi connectivity index (χ2n) is 8.71. The van der Waals surface area contributed by atoms with Crippen molar-refractivity contribution in [1.82, 2.24) is 19.7 Å². The second kappa shape index (κ2) is 11.0. The lowest BCUT2D eigenvalue weighted by molar-refractivity contribution is -0.131. The summed E-state index contributed by atoms with van der Waals surface area (Å²) in [6.45, 7) is 2.46. The fourth-order valence-corrected chi connectivity index (χ4v) is 5.03. The lowest BCUT2D eigenvalue weighted by atomic mass is 10.1. The maximum atomic E-state index is 13.4. The largest absolute Gasteiger partial charge is 0.497 e. The molecule has 0 amide bonds. The van der Waals surface area contributed by atoms with Crippen LogP contribution in [-0.2, 0) is 11.3 Å². The number of ether oxygens (including phenoxy) is 2. The second-order valence-corrected chi connectivity index (χ2v) is 9.72. The Morgan fingerprint density at radius 1 is 1.08 bits per heavy atom. The van der Waals surface area contributed by atoms with Gasteiger partial charge in [0.15, 0.2) is 5.82 Å². The molecule has 3 aromatic carbocycles. The van der Waals surface area contributed by atoms with Crippen LogP contribution in [0.5, 0.6) is 11.5 Å². The van der Waals surface area contributed by atoms with E-state index in [-0.39, 0.29) is 15.9 Å². The number of benzene rings is 3. The van der Waals surface area contributed by atoms with Gasteiger partial charge in [-0.2, -0.15) is 0 Å². The Bertz CT molecular complexity index is 1670. The van der Waals surface area contributed by atoms with Gasteiger partial charge in [0.25, 0.3) is 0 Å². The lowest BCUT2D eigenvalue weighted by Gasteiger charge is -2.09. The van der Waals surface area contributed by atoms with Gasteiger partial charge in [-0.05, 0) is 60.7 Å². The lowest BCUT2D eigenvalue weighted by Crippen LogP contribution is -2.02. The smallest absolute Gasteiger partial charge is 0.342 e. The molecule has 0 unspecified atom stereocenters. The Morgan fingerprint density at radius 3 is 2.44 bits per heavy atom. The summed E-state index contributed by atoms with van der Waals surface area (Å²) in [5.74, 6) is 0.248. The number of hydrogen-bond acceptors (Lipinski definition) is 6. The Balaban J connectivity index is 1.50. The number of methoxy groups -OCH3 is 2. The van der Waals surface area contributed by atoms with Crippen molar-refractivity contribution in [2.45, 2.75) is 18.6 Å². The first-order valence-electron chi connectivity index (χ1n) is 12.0. The quantitative estimate of drug-likeness (QED) is 0.169. The molecule has 2 aromatic heterocycles. The minimum atomic E-state index is -1.09. The molecule has 0 saturated heterocycles. The van der Waals surface area contributed by atoms with Crippen LogP contribution >= 0.6 is 11.8 Å². The van der Waals surface area contributed by atoms with E-state index >= 15 is 0 Å².